The second-order valence-corrected chi connectivity index (χ2v) is 5.53. The normalized spacial score (nSPS) is 24.4. The molecule has 0 aliphatic heterocycles. The summed E-state index contributed by atoms with van der Waals surface area (Å²) in [5, 5.41) is 0. The van der Waals surface area contributed by atoms with Crippen LogP contribution in [0.25, 0.3) is 0 Å². The summed E-state index contributed by atoms with van der Waals surface area (Å²) in [4.78, 5) is 10.3. The van der Waals surface area contributed by atoms with Crippen molar-refractivity contribution in [3.05, 3.63) is 23.3 Å². The molecule has 16 heavy (non-hydrogen) atoms. The molecule has 0 aromatic carbocycles. The highest BCUT2D eigenvalue weighted by atomic mass is 16.1. The quantitative estimate of drug-likeness (QED) is 0.499. The minimum Gasteiger partial charge on any atom is -0.303 e. The van der Waals surface area contributed by atoms with Gasteiger partial charge in [0, 0.05) is 6.42 Å². The summed E-state index contributed by atoms with van der Waals surface area (Å²) in [6.45, 7) is 9.05. The number of carbonyl (C=O) groups excluding carboxylic acids is 1. The maximum Gasteiger partial charge on any atom is 0.120 e. The van der Waals surface area contributed by atoms with Gasteiger partial charge in [-0.15, -0.1) is 0 Å². The van der Waals surface area contributed by atoms with Gasteiger partial charge >= 0.3 is 0 Å². The van der Waals surface area contributed by atoms with Crippen molar-refractivity contribution in [2.45, 2.75) is 53.4 Å². The first-order valence-corrected chi connectivity index (χ1v) is 6.25. The van der Waals surface area contributed by atoms with Gasteiger partial charge in [-0.25, -0.2) is 0 Å². The van der Waals surface area contributed by atoms with Gasteiger partial charge < -0.3 is 4.79 Å². The molecule has 1 aliphatic carbocycles. The van der Waals surface area contributed by atoms with Crippen molar-refractivity contribution in [2.75, 3.05) is 0 Å². The molecule has 0 saturated heterocycles. The van der Waals surface area contributed by atoms with Gasteiger partial charge in [-0.2, -0.15) is 0 Å². The maximum absolute atomic E-state index is 10.3. The van der Waals surface area contributed by atoms with Gasteiger partial charge in [0.1, 0.15) is 6.29 Å². The van der Waals surface area contributed by atoms with Gasteiger partial charge in [-0.1, -0.05) is 37.1 Å². The zero-order valence-corrected chi connectivity index (χ0v) is 11.0. The predicted octanol–water partition coefficient (Wildman–Crippen LogP) is 4.29. The van der Waals surface area contributed by atoms with E-state index in [-0.39, 0.29) is 0 Å². The number of aldehydes is 1. The third-order valence-corrected chi connectivity index (χ3v) is 4.15. The Hall–Kier alpha value is -0.850. The maximum atomic E-state index is 10.3. The number of carbonyl (C=O) groups is 1. The molecule has 0 heterocycles. The highest BCUT2D eigenvalue weighted by Gasteiger charge is 2.33. The molecule has 0 amide bonds. The molecular formula is C15H24O. The zero-order valence-electron chi connectivity index (χ0n) is 11.0. The van der Waals surface area contributed by atoms with Crippen LogP contribution in [-0.2, 0) is 4.79 Å². The first kappa shape index (κ1) is 13.2. The van der Waals surface area contributed by atoms with Crippen LogP contribution in [0, 0.1) is 11.3 Å². The molecular weight excluding hydrogens is 196 g/mol. The van der Waals surface area contributed by atoms with E-state index in [1.54, 1.807) is 0 Å². The van der Waals surface area contributed by atoms with Crippen molar-refractivity contribution in [3.8, 4) is 0 Å². The number of allylic oxidation sites excluding steroid dienone is 4. The van der Waals surface area contributed by atoms with E-state index in [4.69, 9.17) is 0 Å². The molecule has 1 heteroatoms. The van der Waals surface area contributed by atoms with E-state index in [2.05, 4.69) is 39.8 Å². The van der Waals surface area contributed by atoms with Crippen LogP contribution < -0.4 is 0 Å². The highest BCUT2D eigenvalue weighted by Crippen LogP contribution is 2.44. The zero-order chi connectivity index (χ0) is 12.2. The van der Waals surface area contributed by atoms with Crippen molar-refractivity contribution in [1.29, 1.82) is 0 Å². The molecule has 0 fully saturated rings. The van der Waals surface area contributed by atoms with Crippen LogP contribution in [0.2, 0.25) is 0 Å². The van der Waals surface area contributed by atoms with Crippen LogP contribution in [0.5, 0.6) is 0 Å². The molecule has 0 spiro atoms. The van der Waals surface area contributed by atoms with Crippen molar-refractivity contribution in [1.82, 2.24) is 0 Å². The summed E-state index contributed by atoms with van der Waals surface area (Å²) in [6, 6.07) is 0. The first-order valence-electron chi connectivity index (χ1n) is 6.25. The predicted molar refractivity (Wildman–Crippen MR) is 69.3 cm³/mol. The summed E-state index contributed by atoms with van der Waals surface area (Å²) in [5.41, 5.74) is 3.23. The Morgan fingerprint density at radius 3 is 2.75 bits per heavy atom. The largest absolute Gasteiger partial charge is 0.303 e. The lowest BCUT2D eigenvalue weighted by Gasteiger charge is -2.29. The van der Waals surface area contributed by atoms with Crippen LogP contribution in [0.3, 0.4) is 0 Å². The van der Waals surface area contributed by atoms with Crippen LogP contribution in [-0.4, -0.2) is 6.29 Å². The first-order chi connectivity index (χ1) is 7.48. The second kappa shape index (κ2) is 5.47. The van der Waals surface area contributed by atoms with Crippen molar-refractivity contribution < 1.29 is 4.79 Å². The Labute approximate surface area is 99.6 Å². The standard InChI is InChI=1S/C15H24O/c1-12(6-5-11-16)7-9-14-10-8-13(2)15(14,3)4/h7-8,11,14H,5-6,9-10H2,1-4H3/b12-7-. The summed E-state index contributed by atoms with van der Waals surface area (Å²) in [6.07, 6.45) is 9.63. The van der Waals surface area contributed by atoms with Crippen LogP contribution in [0.1, 0.15) is 53.4 Å². The van der Waals surface area contributed by atoms with E-state index in [0.717, 1.165) is 25.0 Å². The minimum atomic E-state index is 0.349. The second-order valence-electron chi connectivity index (χ2n) is 5.53. The minimum absolute atomic E-state index is 0.349. The van der Waals surface area contributed by atoms with E-state index in [9.17, 15) is 4.79 Å². The lowest BCUT2D eigenvalue weighted by molar-refractivity contribution is -0.107. The fraction of sp³-hybridized carbons (Fsp3) is 0.667. The fourth-order valence-corrected chi connectivity index (χ4v) is 2.32. The lowest BCUT2D eigenvalue weighted by atomic mass is 9.76. The molecule has 1 atom stereocenters. The average Bonchev–Trinajstić information content (AvgIpc) is 2.49. The third kappa shape index (κ3) is 3.07. The fourth-order valence-electron chi connectivity index (χ4n) is 2.32. The van der Waals surface area contributed by atoms with E-state index in [0.29, 0.717) is 11.8 Å². The average molecular weight is 220 g/mol. The van der Waals surface area contributed by atoms with E-state index in [1.807, 2.05) is 0 Å². The monoisotopic (exact) mass is 220 g/mol. The molecule has 0 radical (unpaired) electrons. The van der Waals surface area contributed by atoms with Gasteiger partial charge in [0.25, 0.3) is 0 Å². The smallest absolute Gasteiger partial charge is 0.120 e. The van der Waals surface area contributed by atoms with E-state index in [1.165, 1.54) is 17.6 Å². The molecule has 1 rings (SSSR count). The van der Waals surface area contributed by atoms with Crippen LogP contribution in [0.4, 0.5) is 0 Å². The number of rotatable bonds is 5. The number of hydrogen-bond donors (Lipinski definition) is 0. The van der Waals surface area contributed by atoms with Gasteiger partial charge in [-0.05, 0) is 44.4 Å². The molecule has 1 nitrogen and oxygen atoms in total. The third-order valence-electron chi connectivity index (χ3n) is 4.15. The van der Waals surface area contributed by atoms with Crippen molar-refractivity contribution in [3.63, 3.8) is 0 Å². The topological polar surface area (TPSA) is 17.1 Å². The molecule has 0 N–H and O–H groups in total. The highest BCUT2D eigenvalue weighted by molar-refractivity contribution is 5.49. The molecule has 90 valence electrons. The Morgan fingerprint density at radius 1 is 1.56 bits per heavy atom. The SMILES string of the molecule is CC1=CCC(C/C=C(/C)CCC=O)C1(C)C. The van der Waals surface area contributed by atoms with Crippen LogP contribution >= 0.6 is 0 Å². The summed E-state index contributed by atoms with van der Waals surface area (Å²) >= 11 is 0. The Kier molecular flexibility index (Phi) is 4.52. The van der Waals surface area contributed by atoms with Gasteiger partial charge in [-0.3, -0.25) is 0 Å². The summed E-state index contributed by atoms with van der Waals surface area (Å²) in [7, 11) is 0. The Bertz CT molecular complexity index is 307. The van der Waals surface area contributed by atoms with Crippen molar-refractivity contribution in [2.24, 2.45) is 11.3 Å². The molecule has 0 bridgehead atoms. The van der Waals surface area contributed by atoms with E-state index < -0.39 is 0 Å². The molecule has 1 unspecified atom stereocenters. The van der Waals surface area contributed by atoms with Gasteiger partial charge in [0.05, 0.1) is 0 Å². The molecule has 0 saturated carbocycles. The molecule has 0 aromatic heterocycles. The Morgan fingerprint density at radius 2 is 2.25 bits per heavy atom. The molecule has 0 aromatic rings. The lowest BCUT2D eigenvalue weighted by Crippen LogP contribution is -2.19. The van der Waals surface area contributed by atoms with Gasteiger partial charge in [0.15, 0.2) is 0 Å². The van der Waals surface area contributed by atoms with E-state index >= 15 is 0 Å². The number of hydrogen-bond acceptors (Lipinski definition) is 1. The van der Waals surface area contributed by atoms with Crippen molar-refractivity contribution >= 4 is 6.29 Å². The Balaban J connectivity index is 2.48. The summed E-state index contributed by atoms with van der Waals surface area (Å²) < 4.78 is 0. The summed E-state index contributed by atoms with van der Waals surface area (Å²) in [5.74, 6) is 0.735. The van der Waals surface area contributed by atoms with Crippen LogP contribution in [0.15, 0.2) is 23.3 Å². The molecule has 1 aliphatic rings. The van der Waals surface area contributed by atoms with Gasteiger partial charge in [0.2, 0.25) is 0 Å².